The molecule has 0 atom stereocenters. The third kappa shape index (κ3) is 3.44. The Bertz CT molecular complexity index is 485. The van der Waals surface area contributed by atoms with Crippen molar-refractivity contribution in [3.63, 3.8) is 0 Å². The van der Waals surface area contributed by atoms with Gasteiger partial charge < -0.3 is 11.1 Å². The van der Waals surface area contributed by atoms with Gasteiger partial charge in [0.1, 0.15) is 10.8 Å². The Balaban J connectivity index is 2.14. The molecule has 0 spiro atoms. The summed E-state index contributed by atoms with van der Waals surface area (Å²) < 4.78 is 14.1. The second-order valence-corrected chi connectivity index (χ2v) is 7.04. The highest BCUT2D eigenvalue weighted by Gasteiger charge is 2.31. The lowest BCUT2D eigenvalue weighted by atomic mass is 9.88. The van der Waals surface area contributed by atoms with Gasteiger partial charge in [-0.25, -0.2) is 4.39 Å². The Kier molecular flexibility index (Phi) is 5.27. The maximum atomic E-state index is 13.8. The highest BCUT2D eigenvalue weighted by atomic mass is 32.2. The normalized spacial score (nSPS) is 17.7. The number of rotatable bonds is 5. The van der Waals surface area contributed by atoms with Crippen molar-refractivity contribution < 1.29 is 4.39 Å². The Morgan fingerprint density at radius 1 is 1.40 bits per heavy atom. The first-order valence-electron chi connectivity index (χ1n) is 6.95. The molecule has 0 aliphatic heterocycles. The summed E-state index contributed by atoms with van der Waals surface area (Å²) in [6, 6.07) is 4.92. The predicted octanol–water partition coefficient (Wildman–Crippen LogP) is 3.94. The molecule has 1 aliphatic rings. The molecule has 1 fully saturated rings. The van der Waals surface area contributed by atoms with Gasteiger partial charge in [-0.2, -0.15) is 11.8 Å². The molecule has 3 N–H and O–H groups in total. The van der Waals surface area contributed by atoms with E-state index in [0.29, 0.717) is 11.3 Å². The summed E-state index contributed by atoms with van der Waals surface area (Å²) in [6.45, 7) is 0.827. The van der Waals surface area contributed by atoms with Crippen LogP contribution in [0.25, 0.3) is 0 Å². The van der Waals surface area contributed by atoms with E-state index in [1.165, 1.54) is 38.2 Å². The number of hydrogen-bond acceptors (Lipinski definition) is 3. The first kappa shape index (κ1) is 15.6. The third-order valence-corrected chi connectivity index (χ3v) is 5.68. The Hall–Kier alpha value is -0.810. The SMILES string of the molecule is CSC1(CNc2cccc(F)c2C(N)=S)CCCCC1. The standard InChI is InChI=1S/C15H21FN2S2/c1-20-15(8-3-2-4-9-15)10-18-12-7-5-6-11(16)13(12)14(17)19/h5-7,18H,2-4,8-10H2,1H3,(H2,17,19). The van der Waals surface area contributed by atoms with Gasteiger partial charge in [0.15, 0.2) is 0 Å². The van der Waals surface area contributed by atoms with Crippen LogP contribution in [0, 0.1) is 5.82 Å². The molecule has 110 valence electrons. The average molecular weight is 312 g/mol. The predicted molar refractivity (Wildman–Crippen MR) is 90.1 cm³/mol. The first-order valence-corrected chi connectivity index (χ1v) is 8.59. The lowest BCUT2D eigenvalue weighted by Gasteiger charge is -2.36. The van der Waals surface area contributed by atoms with Crippen LogP contribution in [0.4, 0.5) is 10.1 Å². The molecule has 5 heteroatoms. The number of benzene rings is 1. The van der Waals surface area contributed by atoms with Gasteiger partial charge in [-0.05, 0) is 31.2 Å². The molecule has 1 aromatic carbocycles. The zero-order valence-electron chi connectivity index (χ0n) is 11.7. The topological polar surface area (TPSA) is 38.0 Å². The van der Waals surface area contributed by atoms with E-state index in [9.17, 15) is 4.39 Å². The van der Waals surface area contributed by atoms with E-state index >= 15 is 0 Å². The molecule has 20 heavy (non-hydrogen) atoms. The number of nitrogens with one attached hydrogen (secondary N) is 1. The zero-order chi connectivity index (χ0) is 14.6. The minimum absolute atomic E-state index is 0.104. The van der Waals surface area contributed by atoms with Crippen molar-refractivity contribution in [3.05, 3.63) is 29.6 Å². The lowest BCUT2D eigenvalue weighted by Crippen LogP contribution is -2.36. The van der Waals surface area contributed by atoms with Gasteiger partial charge in [-0.1, -0.05) is 37.5 Å². The summed E-state index contributed by atoms with van der Waals surface area (Å²) in [5.41, 5.74) is 6.67. The second kappa shape index (κ2) is 6.76. The summed E-state index contributed by atoms with van der Waals surface area (Å²) >= 11 is 6.87. The van der Waals surface area contributed by atoms with Crippen LogP contribution in [0.3, 0.4) is 0 Å². The van der Waals surface area contributed by atoms with Crippen LogP contribution in [0.2, 0.25) is 0 Å². The fourth-order valence-electron chi connectivity index (χ4n) is 2.83. The van der Waals surface area contributed by atoms with E-state index in [2.05, 4.69) is 11.6 Å². The van der Waals surface area contributed by atoms with Crippen LogP contribution in [-0.2, 0) is 0 Å². The number of thiocarbonyl (C=S) groups is 1. The number of nitrogens with two attached hydrogens (primary N) is 1. The molecule has 2 rings (SSSR count). The zero-order valence-corrected chi connectivity index (χ0v) is 13.4. The number of thioether (sulfide) groups is 1. The molecule has 2 nitrogen and oxygen atoms in total. The van der Waals surface area contributed by atoms with E-state index in [-0.39, 0.29) is 15.6 Å². The van der Waals surface area contributed by atoms with Crippen molar-refractivity contribution in [2.24, 2.45) is 5.73 Å². The van der Waals surface area contributed by atoms with Gasteiger partial charge in [0, 0.05) is 17.0 Å². The molecule has 0 aromatic heterocycles. The summed E-state index contributed by atoms with van der Waals surface area (Å²) in [7, 11) is 0. The molecule has 0 saturated heterocycles. The monoisotopic (exact) mass is 312 g/mol. The van der Waals surface area contributed by atoms with E-state index in [1.807, 2.05) is 17.8 Å². The van der Waals surface area contributed by atoms with Crippen molar-refractivity contribution in [2.45, 2.75) is 36.9 Å². The van der Waals surface area contributed by atoms with Crippen LogP contribution >= 0.6 is 24.0 Å². The molecular weight excluding hydrogens is 291 g/mol. The Labute approximate surface area is 129 Å². The van der Waals surface area contributed by atoms with Crippen molar-refractivity contribution in [1.29, 1.82) is 0 Å². The second-order valence-electron chi connectivity index (χ2n) is 5.33. The Morgan fingerprint density at radius 3 is 2.70 bits per heavy atom. The van der Waals surface area contributed by atoms with Gasteiger partial charge in [-0.3, -0.25) is 0 Å². The van der Waals surface area contributed by atoms with E-state index < -0.39 is 0 Å². The lowest BCUT2D eigenvalue weighted by molar-refractivity contribution is 0.411. The first-order chi connectivity index (χ1) is 9.58. The van der Waals surface area contributed by atoms with Gasteiger partial charge in [0.05, 0.1) is 5.56 Å². The quantitative estimate of drug-likeness (QED) is 0.808. The van der Waals surface area contributed by atoms with Gasteiger partial charge in [0.2, 0.25) is 0 Å². The van der Waals surface area contributed by atoms with Crippen molar-refractivity contribution >= 4 is 34.7 Å². The number of hydrogen-bond donors (Lipinski definition) is 2. The number of anilines is 1. The fraction of sp³-hybridized carbons (Fsp3) is 0.533. The molecule has 0 unspecified atom stereocenters. The van der Waals surface area contributed by atoms with E-state index in [0.717, 1.165) is 6.54 Å². The van der Waals surface area contributed by atoms with Crippen LogP contribution < -0.4 is 11.1 Å². The highest BCUT2D eigenvalue weighted by molar-refractivity contribution is 8.00. The van der Waals surface area contributed by atoms with Gasteiger partial charge >= 0.3 is 0 Å². The minimum Gasteiger partial charge on any atom is -0.389 e. The molecule has 0 radical (unpaired) electrons. The third-order valence-electron chi connectivity index (χ3n) is 4.06. The minimum atomic E-state index is -0.357. The maximum Gasteiger partial charge on any atom is 0.135 e. The van der Waals surface area contributed by atoms with Crippen molar-refractivity contribution in [2.75, 3.05) is 18.1 Å². The van der Waals surface area contributed by atoms with E-state index in [1.54, 1.807) is 6.07 Å². The summed E-state index contributed by atoms with van der Waals surface area (Å²) in [4.78, 5) is 0.104. The summed E-state index contributed by atoms with van der Waals surface area (Å²) in [6.07, 6.45) is 8.44. The molecule has 1 saturated carbocycles. The Morgan fingerprint density at radius 2 is 2.10 bits per heavy atom. The average Bonchev–Trinajstić information content (AvgIpc) is 2.45. The van der Waals surface area contributed by atoms with Crippen molar-refractivity contribution in [1.82, 2.24) is 0 Å². The van der Waals surface area contributed by atoms with Gasteiger partial charge in [0.25, 0.3) is 0 Å². The molecule has 0 heterocycles. The smallest absolute Gasteiger partial charge is 0.135 e. The molecule has 1 aliphatic carbocycles. The summed E-state index contributed by atoms with van der Waals surface area (Å²) in [5.74, 6) is -0.357. The molecule has 1 aromatic rings. The van der Waals surface area contributed by atoms with Crippen LogP contribution in [0.15, 0.2) is 18.2 Å². The van der Waals surface area contributed by atoms with Crippen LogP contribution in [-0.4, -0.2) is 22.5 Å². The maximum absolute atomic E-state index is 13.8. The molecule has 0 bridgehead atoms. The largest absolute Gasteiger partial charge is 0.389 e. The van der Waals surface area contributed by atoms with Crippen LogP contribution in [0.1, 0.15) is 37.7 Å². The highest BCUT2D eigenvalue weighted by Crippen LogP contribution is 2.38. The van der Waals surface area contributed by atoms with Crippen LogP contribution in [0.5, 0.6) is 0 Å². The number of halogens is 1. The van der Waals surface area contributed by atoms with Crippen molar-refractivity contribution in [3.8, 4) is 0 Å². The fourth-order valence-corrected chi connectivity index (χ4v) is 3.95. The molecular formula is C15H21FN2S2. The van der Waals surface area contributed by atoms with Gasteiger partial charge in [-0.15, -0.1) is 0 Å². The molecule has 0 amide bonds. The summed E-state index contributed by atoms with van der Waals surface area (Å²) in [5, 5.41) is 3.37. The van der Waals surface area contributed by atoms with E-state index in [4.69, 9.17) is 18.0 Å².